The Bertz CT molecular complexity index is 653. The summed E-state index contributed by atoms with van der Waals surface area (Å²) in [5.74, 6) is 2.26. The van der Waals surface area contributed by atoms with Crippen LogP contribution in [0.3, 0.4) is 0 Å². The van der Waals surface area contributed by atoms with Gasteiger partial charge in [0.1, 0.15) is 6.04 Å². The first-order valence-electron chi connectivity index (χ1n) is 6.30. The lowest BCUT2D eigenvalue weighted by molar-refractivity contribution is -0.117. The number of aryl methyl sites for hydroxylation is 1. The molecule has 0 aliphatic heterocycles. The molecule has 0 heterocycles. The van der Waals surface area contributed by atoms with Gasteiger partial charge in [-0.25, -0.2) is 0 Å². The highest BCUT2D eigenvalue weighted by atomic mass is 16.2. The molecule has 3 N–H and O–H groups in total. The molecule has 1 unspecified atom stereocenters. The summed E-state index contributed by atoms with van der Waals surface area (Å²) in [6.07, 6.45) is 5.33. The van der Waals surface area contributed by atoms with Gasteiger partial charge in [-0.15, -0.1) is 6.42 Å². The van der Waals surface area contributed by atoms with E-state index in [4.69, 9.17) is 12.2 Å². The van der Waals surface area contributed by atoms with Crippen LogP contribution in [0.25, 0.3) is 0 Å². The summed E-state index contributed by atoms with van der Waals surface area (Å²) in [4.78, 5) is 12.1. The molecule has 100 valence electrons. The second kappa shape index (κ2) is 6.05. The number of nitrogens with two attached hydrogens (primary N) is 1. The number of nitrogens with one attached hydrogen (secondary N) is 1. The second-order valence-corrected chi connectivity index (χ2v) is 4.60. The lowest BCUT2D eigenvalue weighted by atomic mass is 10.1. The quantitative estimate of drug-likeness (QED) is 0.837. The summed E-state index contributed by atoms with van der Waals surface area (Å²) in [5, 5.41) is 2.77. The largest absolute Gasteiger partial charge is 0.324 e. The molecular weight excluding hydrogens is 248 g/mol. The minimum atomic E-state index is -0.704. The highest BCUT2D eigenvalue weighted by Crippen LogP contribution is 2.15. The zero-order valence-electron chi connectivity index (χ0n) is 11.3. The third kappa shape index (κ3) is 3.25. The molecular formula is C17H16N2O. The standard InChI is InChI=1S/C17H16N2O/c1-3-13-5-4-6-15(11-13)19-17(20)16(18)14-9-7-12(2)8-10-14/h1,4-11,16H,18H2,2H3,(H,19,20). The molecule has 0 aliphatic carbocycles. The van der Waals surface area contributed by atoms with Gasteiger partial charge in [0.25, 0.3) is 0 Å². The molecule has 0 spiro atoms. The van der Waals surface area contributed by atoms with Gasteiger partial charge in [0, 0.05) is 11.3 Å². The molecule has 20 heavy (non-hydrogen) atoms. The van der Waals surface area contributed by atoms with Crippen LogP contribution in [0.2, 0.25) is 0 Å². The van der Waals surface area contributed by atoms with E-state index in [9.17, 15) is 4.79 Å². The van der Waals surface area contributed by atoms with Crippen LogP contribution in [0.1, 0.15) is 22.7 Å². The molecule has 0 aliphatic rings. The topological polar surface area (TPSA) is 55.1 Å². The van der Waals surface area contributed by atoms with Crippen LogP contribution in [0, 0.1) is 19.3 Å². The number of anilines is 1. The first-order chi connectivity index (χ1) is 9.60. The Morgan fingerprint density at radius 2 is 1.95 bits per heavy atom. The Labute approximate surface area is 118 Å². The van der Waals surface area contributed by atoms with Crippen molar-refractivity contribution >= 4 is 11.6 Å². The second-order valence-electron chi connectivity index (χ2n) is 4.60. The number of rotatable bonds is 3. The average Bonchev–Trinajstić information content (AvgIpc) is 2.47. The lowest BCUT2D eigenvalue weighted by Gasteiger charge is -2.13. The normalized spacial score (nSPS) is 11.4. The van der Waals surface area contributed by atoms with Gasteiger partial charge in [0.2, 0.25) is 5.91 Å². The van der Waals surface area contributed by atoms with Crippen molar-refractivity contribution in [3.63, 3.8) is 0 Å². The molecule has 2 aromatic carbocycles. The van der Waals surface area contributed by atoms with Gasteiger partial charge in [-0.3, -0.25) is 4.79 Å². The van der Waals surface area contributed by atoms with Crippen molar-refractivity contribution in [3.8, 4) is 12.3 Å². The Balaban J connectivity index is 2.11. The third-order valence-electron chi connectivity index (χ3n) is 3.02. The van der Waals surface area contributed by atoms with Gasteiger partial charge in [-0.1, -0.05) is 41.8 Å². The lowest BCUT2D eigenvalue weighted by Crippen LogP contribution is -2.27. The highest BCUT2D eigenvalue weighted by molar-refractivity contribution is 5.95. The number of hydrogen-bond donors (Lipinski definition) is 2. The van der Waals surface area contributed by atoms with Crippen LogP contribution < -0.4 is 11.1 Å². The maximum Gasteiger partial charge on any atom is 0.245 e. The number of carbonyl (C=O) groups excluding carboxylic acids is 1. The molecule has 0 fully saturated rings. The first kappa shape index (κ1) is 13.9. The maximum atomic E-state index is 12.1. The molecule has 2 rings (SSSR count). The molecule has 0 bridgehead atoms. The van der Waals surface area contributed by atoms with Gasteiger partial charge in [0.15, 0.2) is 0 Å². The van der Waals surface area contributed by atoms with E-state index in [1.165, 1.54) is 0 Å². The van der Waals surface area contributed by atoms with Crippen molar-refractivity contribution in [2.24, 2.45) is 5.73 Å². The van der Waals surface area contributed by atoms with Crippen LogP contribution in [0.15, 0.2) is 48.5 Å². The summed E-state index contributed by atoms with van der Waals surface area (Å²) in [6, 6.07) is 14.0. The van der Waals surface area contributed by atoms with Crippen LogP contribution in [0.5, 0.6) is 0 Å². The van der Waals surface area contributed by atoms with Crippen LogP contribution in [0.4, 0.5) is 5.69 Å². The fourth-order valence-corrected chi connectivity index (χ4v) is 1.83. The van der Waals surface area contributed by atoms with Crippen molar-refractivity contribution in [1.29, 1.82) is 0 Å². The van der Waals surface area contributed by atoms with E-state index < -0.39 is 6.04 Å². The van der Waals surface area contributed by atoms with Crippen molar-refractivity contribution < 1.29 is 4.79 Å². The molecule has 1 atom stereocenters. The number of benzene rings is 2. The monoisotopic (exact) mass is 264 g/mol. The zero-order valence-corrected chi connectivity index (χ0v) is 11.3. The summed E-state index contributed by atoms with van der Waals surface area (Å²) in [6.45, 7) is 1.99. The minimum Gasteiger partial charge on any atom is -0.324 e. The summed E-state index contributed by atoms with van der Waals surface area (Å²) in [7, 11) is 0. The number of carbonyl (C=O) groups is 1. The summed E-state index contributed by atoms with van der Waals surface area (Å²) in [5.41, 5.74) is 9.22. The van der Waals surface area contributed by atoms with Gasteiger partial charge in [-0.2, -0.15) is 0 Å². The number of hydrogen-bond acceptors (Lipinski definition) is 2. The minimum absolute atomic E-state index is 0.261. The number of amides is 1. The van der Waals surface area contributed by atoms with E-state index in [-0.39, 0.29) is 5.91 Å². The Morgan fingerprint density at radius 3 is 2.60 bits per heavy atom. The van der Waals surface area contributed by atoms with E-state index in [1.807, 2.05) is 31.2 Å². The van der Waals surface area contributed by atoms with E-state index in [0.29, 0.717) is 11.3 Å². The Hall–Kier alpha value is -2.57. The van der Waals surface area contributed by atoms with Crippen LogP contribution >= 0.6 is 0 Å². The van der Waals surface area contributed by atoms with Crippen molar-refractivity contribution in [3.05, 3.63) is 65.2 Å². The molecule has 0 radical (unpaired) electrons. The van der Waals surface area contributed by atoms with E-state index >= 15 is 0 Å². The third-order valence-corrected chi connectivity index (χ3v) is 3.02. The molecule has 0 saturated carbocycles. The molecule has 3 nitrogen and oxygen atoms in total. The van der Waals surface area contributed by atoms with Crippen molar-refractivity contribution in [2.75, 3.05) is 5.32 Å². The van der Waals surface area contributed by atoms with Gasteiger partial charge in [-0.05, 0) is 30.7 Å². The number of terminal acetylenes is 1. The van der Waals surface area contributed by atoms with Gasteiger partial charge >= 0.3 is 0 Å². The summed E-state index contributed by atoms with van der Waals surface area (Å²) >= 11 is 0. The van der Waals surface area contributed by atoms with E-state index in [2.05, 4.69) is 11.2 Å². The first-order valence-corrected chi connectivity index (χ1v) is 6.30. The van der Waals surface area contributed by atoms with Crippen molar-refractivity contribution in [2.45, 2.75) is 13.0 Å². The van der Waals surface area contributed by atoms with Crippen LogP contribution in [-0.4, -0.2) is 5.91 Å². The maximum absolute atomic E-state index is 12.1. The van der Waals surface area contributed by atoms with E-state index in [0.717, 1.165) is 11.1 Å². The average molecular weight is 264 g/mol. The predicted molar refractivity (Wildman–Crippen MR) is 81.1 cm³/mol. The molecule has 0 aromatic heterocycles. The van der Waals surface area contributed by atoms with Crippen LogP contribution in [-0.2, 0) is 4.79 Å². The summed E-state index contributed by atoms with van der Waals surface area (Å²) < 4.78 is 0. The van der Waals surface area contributed by atoms with Crippen molar-refractivity contribution in [1.82, 2.24) is 0 Å². The molecule has 1 amide bonds. The Morgan fingerprint density at radius 1 is 1.25 bits per heavy atom. The van der Waals surface area contributed by atoms with Gasteiger partial charge < -0.3 is 11.1 Å². The highest BCUT2D eigenvalue weighted by Gasteiger charge is 2.15. The molecule has 0 saturated heterocycles. The zero-order chi connectivity index (χ0) is 14.5. The smallest absolute Gasteiger partial charge is 0.245 e. The molecule has 2 aromatic rings. The van der Waals surface area contributed by atoms with E-state index in [1.54, 1.807) is 24.3 Å². The van der Waals surface area contributed by atoms with Gasteiger partial charge in [0.05, 0.1) is 0 Å². The fourth-order valence-electron chi connectivity index (χ4n) is 1.83. The Kier molecular flexibility index (Phi) is 4.19. The SMILES string of the molecule is C#Cc1cccc(NC(=O)C(N)c2ccc(C)cc2)c1. The predicted octanol–water partition coefficient (Wildman–Crippen LogP) is 2.61. The fraction of sp³-hybridized carbons (Fsp3) is 0.118. The molecule has 3 heteroatoms.